The minimum absolute atomic E-state index is 0.578. The minimum Gasteiger partial charge on any atom is -0.371 e. The predicted octanol–water partition coefficient (Wildman–Crippen LogP) is 5.31. The Morgan fingerprint density at radius 1 is 0.963 bits per heavy atom. The SMILES string of the molecule is Cc1c(C=O)cc(-c2ccc(CN(C)C)cc2)cc1N(C)C1CCCCC1. The summed E-state index contributed by atoms with van der Waals surface area (Å²) in [5.41, 5.74) is 6.66. The highest BCUT2D eigenvalue weighted by Gasteiger charge is 2.21. The van der Waals surface area contributed by atoms with Gasteiger partial charge in [0.1, 0.15) is 6.29 Å². The Balaban J connectivity index is 1.95. The number of hydrogen-bond donors (Lipinski definition) is 0. The minimum atomic E-state index is 0.578. The zero-order chi connectivity index (χ0) is 19.4. The van der Waals surface area contributed by atoms with Crippen molar-refractivity contribution in [2.45, 2.75) is 51.6 Å². The van der Waals surface area contributed by atoms with Crippen LogP contribution in [0.15, 0.2) is 36.4 Å². The van der Waals surface area contributed by atoms with Crippen molar-refractivity contribution in [2.24, 2.45) is 0 Å². The molecule has 0 unspecified atom stereocenters. The monoisotopic (exact) mass is 364 g/mol. The highest BCUT2D eigenvalue weighted by Crippen LogP contribution is 2.33. The first-order valence-electron chi connectivity index (χ1n) is 10.1. The summed E-state index contributed by atoms with van der Waals surface area (Å²) in [6.07, 6.45) is 7.45. The smallest absolute Gasteiger partial charge is 0.150 e. The van der Waals surface area contributed by atoms with E-state index in [4.69, 9.17) is 0 Å². The maximum Gasteiger partial charge on any atom is 0.150 e. The Kier molecular flexibility index (Phi) is 6.33. The second kappa shape index (κ2) is 8.71. The van der Waals surface area contributed by atoms with E-state index in [1.54, 1.807) is 0 Å². The van der Waals surface area contributed by atoms with Crippen molar-refractivity contribution in [3.63, 3.8) is 0 Å². The molecule has 0 atom stereocenters. The van der Waals surface area contributed by atoms with E-state index in [-0.39, 0.29) is 0 Å². The summed E-state index contributed by atoms with van der Waals surface area (Å²) in [5.74, 6) is 0. The van der Waals surface area contributed by atoms with Crippen LogP contribution in [0.1, 0.15) is 53.6 Å². The van der Waals surface area contributed by atoms with E-state index in [9.17, 15) is 4.79 Å². The van der Waals surface area contributed by atoms with Crippen molar-refractivity contribution in [1.82, 2.24) is 4.90 Å². The van der Waals surface area contributed by atoms with Crippen LogP contribution in [0.3, 0.4) is 0 Å². The van der Waals surface area contributed by atoms with Gasteiger partial charge in [-0.05, 0) is 68.2 Å². The molecule has 0 bridgehead atoms. The summed E-state index contributed by atoms with van der Waals surface area (Å²) in [6, 6.07) is 13.6. The van der Waals surface area contributed by atoms with Crippen molar-refractivity contribution < 1.29 is 4.79 Å². The number of carbonyl (C=O) groups is 1. The van der Waals surface area contributed by atoms with Crippen LogP contribution in [0.25, 0.3) is 11.1 Å². The summed E-state index contributed by atoms with van der Waals surface area (Å²) in [7, 11) is 6.35. The third-order valence-corrected chi connectivity index (χ3v) is 5.84. The van der Waals surface area contributed by atoms with Crippen LogP contribution in [-0.2, 0) is 6.54 Å². The number of rotatable bonds is 6. The van der Waals surface area contributed by atoms with Crippen LogP contribution in [-0.4, -0.2) is 38.4 Å². The Hall–Kier alpha value is -2.13. The largest absolute Gasteiger partial charge is 0.371 e. The van der Waals surface area contributed by atoms with Crippen molar-refractivity contribution >= 4 is 12.0 Å². The molecule has 3 rings (SSSR count). The molecule has 2 aromatic carbocycles. The third-order valence-electron chi connectivity index (χ3n) is 5.84. The fourth-order valence-electron chi connectivity index (χ4n) is 4.21. The fraction of sp³-hybridized carbons (Fsp3) is 0.458. The average molecular weight is 365 g/mol. The van der Waals surface area contributed by atoms with Gasteiger partial charge in [0, 0.05) is 30.9 Å². The van der Waals surface area contributed by atoms with Crippen LogP contribution in [0.2, 0.25) is 0 Å². The van der Waals surface area contributed by atoms with Gasteiger partial charge in [0.25, 0.3) is 0 Å². The lowest BCUT2D eigenvalue weighted by Crippen LogP contribution is -2.34. The number of benzene rings is 2. The van der Waals surface area contributed by atoms with E-state index in [1.165, 1.54) is 48.9 Å². The van der Waals surface area contributed by atoms with Gasteiger partial charge in [-0.25, -0.2) is 0 Å². The molecule has 2 aromatic rings. The van der Waals surface area contributed by atoms with Gasteiger partial charge in [-0.15, -0.1) is 0 Å². The second-order valence-corrected chi connectivity index (χ2v) is 8.16. The zero-order valence-electron chi connectivity index (χ0n) is 17.2. The van der Waals surface area contributed by atoms with Gasteiger partial charge in [-0.3, -0.25) is 4.79 Å². The van der Waals surface area contributed by atoms with E-state index in [0.29, 0.717) is 6.04 Å². The van der Waals surface area contributed by atoms with Crippen LogP contribution in [0.5, 0.6) is 0 Å². The molecule has 0 aliphatic heterocycles. The lowest BCUT2D eigenvalue weighted by atomic mass is 9.92. The Bertz CT molecular complexity index is 774. The number of anilines is 1. The summed E-state index contributed by atoms with van der Waals surface area (Å²) < 4.78 is 0. The molecule has 144 valence electrons. The van der Waals surface area contributed by atoms with Crippen LogP contribution < -0.4 is 4.90 Å². The van der Waals surface area contributed by atoms with E-state index in [0.717, 1.165) is 29.5 Å². The molecule has 1 fully saturated rings. The molecule has 1 aliphatic rings. The fourth-order valence-corrected chi connectivity index (χ4v) is 4.21. The number of hydrogen-bond acceptors (Lipinski definition) is 3. The third kappa shape index (κ3) is 4.59. The Morgan fingerprint density at radius 2 is 1.63 bits per heavy atom. The lowest BCUT2D eigenvalue weighted by Gasteiger charge is -2.34. The molecule has 3 nitrogen and oxygen atoms in total. The van der Waals surface area contributed by atoms with Crippen molar-refractivity contribution in [3.8, 4) is 11.1 Å². The number of aldehydes is 1. The van der Waals surface area contributed by atoms with Crippen LogP contribution in [0, 0.1) is 6.92 Å². The molecule has 1 saturated carbocycles. The first kappa shape index (κ1) is 19.6. The Labute approximate surface area is 164 Å². The molecule has 0 spiro atoms. The van der Waals surface area contributed by atoms with E-state index < -0.39 is 0 Å². The van der Waals surface area contributed by atoms with Gasteiger partial charge in [0.05, 0.1) is 0 Å². The van der Waals surface area contributed by atoms with Crippen molar-refractivity contribution in [3.05, 3.63) is 53.1 Å². The standard InChI is InChI=1S/C24H32N2O/c1-18-22(17-27)14-21(20-12-10-19(11-13-20)16-25(2)3)15-24(18)26(4)23-8-6-5-7-9-23/h10-15,17,23H,5-9,16H2,1-4H3. The van der Waals surface area contributed by atoms with Gasteiger partial charge >= 0.3 is 0 Å². The van der Waals surface area contributed by atoms with Crippen LogP contribution in [0.4, 0.5) is 5.69 Å². The normalized spacial score (nSPS) is 15.1. The highest BCUT2D eigenvalue weighted by molar-refractivity contribution is 5.85. The lowest BCUT2D eigenvalue weighted by molar-refractivity contribution is 0.112. The number of nitrogens with zero attached hydrogens (tertiary/aromatic N) is 2. The molecule has 0 amide bonds. The first-order chi connectivity index (χ1) is 13.0. The zero-order valence-corrected chi connectivity index (χ0v) is 17.2. The van der Waals surface area contributed by atoms with Gasteiger partial charge in [-0.2, -0.15) is 0 Å². The summed E-state index contributed by atoms with van der Waals surface area (Å²) >= 11 is 0. The predicted molar refractivity (Wildman–Crippen MR) is 115 cm³/mol. The highest BCUT2D eigenvalue weighted by atomic mass is 16.1. The molecule has 3 heteroatoms. The second-order valence-electron chi connectivity index (χ2n) is 8.16. The maximum absolute atomic E-state index is 11.7. The average Bonchev–Trinajstić information content (AvgIpc) is 2.68. The van der Waals surface area contributed by atoms with E-state index >= 15 is 0 Å². The molecule has 0 N–H and O–H groups in total. The molecular weight excluding hydrogens is 332 g/mol. The van der Waals surface area contributed by atoms with Gasteiger partial charge in [-0.1, -0.05) is 43.5 Å². The molecule has 0 radical (unpaired) electrons. The first-order valence-corrected chi connectivity index (χ1v) is 10.1. The molecule has 0 saturated heterocycles. The quantitative estimate of drug-likeness (QED) is 0.649. The molecule has 1 aliphatic carbocycles. The topological polar surface area (TPSA) is 23.6 Å². The molecular formula is C24H32N2O. The van der Waals surface area contributed by atoms with Gasteiger partial charge in [0.2, 0.25) is 0 Å². The van der Waals surface area contributed by atoms with E-state index in [1.807, 2.05) is 6.07 Å². The summed E-state index contributed by atoms with van der Waals surface area (Å²) in [4.78, 5) is 16.3. The number of carbonyl (C=O) groups excluding carboxylic acids is 1. The van der Waals surface area contributed by atoms with Crippen molar-refractivity contribution in [1.29, 1.82) is 0 Å². The summed E-state index contributed by atoms with van der Waals surface area (Å²) in [6.45, 7) is 3.01. The van der Waals surface area contributed by atoms with Crippen LogP contribution >= 0.6 is 0 Å². The molecule has 27 heavy (non-hydrogen) atoms. The molecule has 0 aromatic heterocycles. The summed E-state index contributed by atoms with van der Waals surface area (Å²) in [5, 5.41) is 0. The van der Waals surface area contributed by atoms with E-state index in [2.05, 4.69) is 68.2 Å². The van der Waals surface area contributed by atoms with Gasteiger partial charge in [0.15, 0.2) is 0 Å². The molecule has 0 heterocycles. The van der Waals surface area contributed by atoms with Crippen molar-refractivity contribution in [2.75, 3.05) is 26.0 Å². The van der Waals surface area contributed by atoms with Gasteiger partial charge < -0.3 is 9.80 Å². The maximum atomic E-state index is 11.7. The Morgan fingerprint density at radius 3 is 2.22 bits per heavy atom.